The maximum absolute atomic E-state index is 5.26. The molecule has 0 saturated heterocycles. The van der Waals surface area contributed by atoms with Gasteiger partial charge >= 0.3 is 0 Å². The second kappa shape index (κ2) is 14.3. The van der Waals surface area contributed by atoms with Gasteiger partial charge in [-0.2, -0.15) is 0 Å². The van der Waals surface area contributed by atoms with Gasteiger partial charge in [0.05, 0.1) is 22.4 Å². The first-order valence-electron chi connectivity index (χ1n) is 19.2. The van der Waals surface area contributed by atoms with E-state index in [0.717, 1.165) is 55.8 Å². The largest absolute Gasteiger partial charge is 0.308 e. The molecular weight excluding hydrogens is 695 g/mol. The van der Waals surface area contributed by atoms with Crippen LogP contribution in [0.15, 0.2) is 188 Å². The molecule has 0 spiro atoms. The lowest BCUT2D eigenvalue weighted by atomic mass is 10.0. The van der Waals surface area contributed by atoms with Crippen molar-refractivity contribution in [3.05, 3.63) is 199 Å². The molecular formula is C52H37N5. The van der Waals surface area contributed by atoms with Crippen LogP contribution in [0.4, 0.5) is 0 Å². The molecule has 270 valence electrons. The van der Waals surface area contributed by atoms with Crippen LogP contribution in [0.3, 0.4) is 0 Å². The highest BCUT2D eigenvalue weighted by Gasteiger charge is 2.21. The highest BCUT2D eigenvalue weighted by atomic mass is 15.1. The fourth-order valence-corrected chi connectivity index (χ4v) is 7.82. The zero-order valence-corrected chi connectivity index (χ0v) is 31.6. The van der Waals surface area contributed by atoms with Gasteiger partial charge in [0.25, 0.3) is 0 Å². The van der Waals surface area contributed by atoms with Gasteiger partial charge in [-0.25, -0.2) is 15.0 Å². The number of fused-ring (bicyclic) bond motifs is 3. The summed E-state index contributed by atoms with van der Waals surface area (Å²) in [5.41, 5.74) is 14.8. The van der Waals surface area contributed by atoms with E-state index in [-0.39, 0.29) is 0 Å². The number of aromatic nitrogens is 5. The Morgan fingerprint density at radius 2 is 0.860 bits per heavy atom. The third-order valence-electron chi connectivity index (χ3n) is 10.6. The standard InChI is InChI=1S/C52H37N5/c1-34-13-11-19-38(29-34)40-22-25-43-44-26-23-41(39-20-12-14-35(2)30-39)33-49(44)57(48(43)32-40)47-27-24-42(46-21-9-10-28-53-46)31-45(47)52-55-50(36-15-5-3-6-16-36)54-51(56-52)37-17-7-4-8-18-37/h3-33H,1-2H3. The van der Waals surface area contributed by atoms with Gasteiger partial charge < -0.3 is 4.57 Å². The number of hydrogen-bond donors (Lipinski definition) is 0. The molecule has 0 saturated carbocycles. The molecule has 0 unspecified atom stereocenters. The number of pyridine rings is 1. The van der Waals surface area contributed by atoms with Crippen molar-refractivity contribution in [3.63, 3.8) is 0 Å². The predicted octanol–water partition coefficient (Wildman–Crippen LogP) is 13.0. The van der Waals surface area contributed by atoms with Crippen LogP contribution in [-0.4, -0.2) is 24.5 Å². The molecule has 3 heterocycles. The summed E-state index contributed by atoms with van der Waals surface area (Å²) in [5, 5.41) is 2.34. The molecule has 0 atom stereocenters. The molecule has 10 rings (SSSR count). The van der Waals surface area contributed by atoms with E-state index in [0.29, 0.717) is 17.5 Å². The van der Waals surface area contributed by atoms with Gasteiger partial charge in [0.15, 0.2) is 17.5 Å². The Morgan fingerprint density at radius 3 is 1.39 bits per heavy atom. The van der Waals surface area contributed by atoms with E-state index in [9.17, 15) is 0 Å². The quantitative estimate of drug-likeness (QED) is 0.164. The van der Waals surface area contributed by atoms with Crippen molar-refractivity contribution in [2.75, 3.05) is 0 Å². The summed E-state index contributed by atoms with van der Waals surface area (Å²) >= 11 is 0. The molecule has 0 bridgehead atoms. The number of aryl methyl sites for hydroxylation is 2. The minimum Gasteiger partial charge on any atom is -0.308 e. The Morgan fingerprint density at radius 1 is 0.368 bits per heavy atom. The van der Waals surface area contributed by atoms with Crippen LogP contribution in [-0.2, 0) is 0 Å². The van der Waals surface area contributed by atoms with E-state index in [1.54, 1.807) is 0 Å². The smallest absolute Gasteiger partial charge is 0.166 e. The second-order valence-corrected chi connectivity index (χ2v) is 14.5. The SMILES string of the molecule is Cc1cccc(-c2ccc3c4ccc(-c5cccc(C)c5)cc4n(-c4ccc(-c5ccccn5)cc4-c4nc(-c5ccccc5)nc(-c5ccccc5)n4)c3c2)c1. The summed E-state index contributed by atoms with van der Waals surface area (Å²) in [7, 11) is 0. The molecule has 0 aliphatic carbocycles. The van der Waals surface area contributed by atoms with Gasteiger partial charge in [0, 0.05) is 39.2 Å². The Kier molecular flexibility index (Phi) is 8.53. The van der Waals surface area contributed by atoms with Crippen LogP contribution in [0.25, 0.3) is 95.2 Å². The van der Waals surface area contributed by atoms with Crippen molar-refractivity contribution in [2.24, 2.45) is 0 Å². The minimum absolute atomic E-state index is 0.579. The van der Waals surface area contributed by atoms with E-state index in [4.69, 9.17) is 19.9 Å². The number of benzene rings is 7. The summed E-state index contributed by atoms with van der Waals surface area (Å²) in [6.07, 6.45) is 1.83. The van der Waals surface area contributed by atoms with Crippen molar-refractivity contribution in [1.29, 1.82) is 0 Å². The summed E-state index contributed by atoms with van der Waals surface area (Å²) < 4.78 is 2.40. The minimum atomic E-state index is 0.579. The Labute approximate surface area is 331 Å². The maximum Gasteiger partial charge on any atom is 0.166 e. The lowest BCUT2D eigenvalue weighted by Crippen LogP contribution is -2.04. The summed E-state index contributed by atoms with van der Waals surface area (Å²) in [6, 6.07) is 63.9. The maximum atomic E-state index is 5.26. The fraction of sp³-hybridized carbons (Fsp3) is 0.0385. The van der Waals surface area contributed by atoms with Crippen molar-refractivity contribution in [1.82, 2.24) is 24.5 Å². The molecule has 3 aromatic heterocycles. The molecule has 5 heteroatoms. The highest BCUT2D eigenvalue weighted by molar-refractivity contribution is 6.11. The third kappa shape index (κ3) is 6.45. The molecule has 0 amide bonds. The normalized spacial score (nSPS) is 11.3. The molecule has 0 N–H and O–H groups in total. The first kappa shape index (κ1) is 34.0. The van der Waals surface area contributed by atoms with Gasteiger partial charge in [0.2, 0.25) is 0 Å². The fourth-order valence-electron chi connectivity index (χ4n) is 7.82. The van der Waals surface area contributed by atoms with E-state index >= 15 is 0 Å². The van der Waals surface area contributed by atoms with E-state index in [2.05, 4.69) is 122 Å². The highest BCUT2D eigenvalue weighted by Crippen LogP contribution is 2.41. The number of nitrogens with zero attached hydrogens (tertiary/aromatic N) is 5. The van der Waals surface area contributed by atoms with E-state index in [1.165, 1.54) is 33.0 Å². The van der Waals surface area contributed by atoms with Crippen LogP contribution in [0, 0.1) is 13.8 Å². The molecule has 57 heavy (non-hydrogen) atoms. The van der Waals surface area contributed by atoms with Gasteiger partial charge in [-0.1, -0.05) is 157 Å². The zero-order chi connectivity index (χ0) is 38.3. The first-order valence-corrected chi connectivity index (χ1v) is 19.2. The molecule has 0 aliphatic heterocycles. The van der Waals surface area contributed by atoms with Gasteiger partial charge in [-0.05, 0) is 72.5 Å². The molecule has 7 aromatic carbocycles. The summed E-state index contributed by atoms with van der Waals surface area (Å²) in [5.74, 6) is 1.80. The molecule has 0 radical (unpaired) electrons. The molecule has 0 aliphatic rings. The number of rotatable bonds is 7. The van der Waals surface area contributed by atoms with Gasteiger partial charge in [-0.15, -0.1) is 0 Å². The van der Waals surface area contributed by atoms with Crippen molar-refractivity contribution < 1.29 is 0 Å². The van der Waals surface area contributed by atoms with Gasteiger partial charge in [0.1, 0.15) is 0 Å². The van der Waals surface area contributed by atoms with Crippen LogP contribution < -0.4 is 0 Å². The molecule has 5 nitrogen and oxygen atoms in total. The average Bonchev–Trinajstić information content (AvgIpc) is 3.59. The molecule has 0 fully saturated rings. The lowest BCUT2D eigenvalue weighted by Gasteiger charge is -2.17. The van der Waals surface area contributed by atoms with Crippen molar-refractivity contribution >= 4 is 21.8 Å². The Balaban J connectivity index is 1.30. The Bertz CT molecular complexity index is 2920. The summed E-state index contributed by atoms with van der Waals surface area (Å²) in [6.45, 7) is 4.28. The van der Waals surface area contributed by atoms with E-state index < -0.39 is 0 Å². The topological polar surface area (TPSA) is 56.5 Å². The lowest BCUT2D eigenvalue weighted by molar-refractivity contribution is 1.06. The Hall–Kier alpha value is -7.50. The number of hydrogen-bond acceptors (Lipinski definition) is 4. The van der Waals surface area contributed by atoms with E-state index in [1.807, 2.05) is 85.1 Å². The molecule has 10 aromatic rings. The van der Waals surface area contributed by atoms with Gasteiger partial charge in [-0.3, -0.25) is 4.98 Å². The average molecular weight is 732 g/mol. The summed E-state index contributed by atoms with van der Waals surface area (Å²) in [4.78, 5) is 20.3. The zero-order valence-electron chi connectivity index (χ0n) is 31.6. The predicted molar refractivity (Wildman–Crippen MR) is 234 cm³/mol. The monoisotopic (exact) mass is 731 g/mol. The van der Waals surface area contributed by atoms with Crippen molar-refractivity contribution in [3.8, 4) is 73.4 Å². The third-order valence-corrected chi connectivity index (χ3v) is 10.6. The van der Waals surface area contributed by atoms with Crippen LogP contribution >= 0.6 is 0 Å². The second-order valence-electron chi connectivity index (χ2n) is 14.5. The van der Waals surface area contributed by atoms with Crippen LogP contribution in [0.5, 0.6) is 0 Å². The van der Waals surface area contributed by atoms with Crippen LogP contribution in [0.2, 0.25) is 0 Å². The first-order chi connectivity index (χ1) is 28.1. The van der Waals surface area contributed by atoms with Crippen molar-refractivity contribution in [2.45, 2.75) is 13.8 Å². The van der Waals surface area contributed by atoms with Crippen LogP contribution in [0.1, 0.15) is 11.1 Å².